The molecule has 4 heteroatoms. The van der Waals surface area contributed by atoms with Gasteiger partial charge in [0.15, 0.2) is 0 Å². The fraction of sp³-hybridized carbons (Fsp3) is 0.929. The van der Waals surface area contributed by atoms with Gasteiger partial charge in [-0.25, -0.2) is 0 Å². The molecule has 2 aliphatic rings. The van der Waals surface area contributed by atoms with Gasteiger partial charge in [-0.1, -0.05) is 6.92 Å². The highest BCUT2D eigenvalue weighted by Gasteiger charge is 2.31. The van der Waals surface area contributed by atoms with Gasteiger partial charge in [-0.2, -0.15) is 0 Å². The minimum absolute atomic E-state index is 0.0299. The quantitative estimate of drug-likeness (QED) is 0.815. The predicted molar refractivity (Wildman–Crippen MR) is 73.2 cm³/mol. The van der Waals surface area contributed by atoms with Crippen molar-refractivity contribution in [2.45, 2.75) is 45.1 Å². The van der Waals surface area contributed by atoms with E-state index in [0.29, 0.717) is 12.6 Å². The van der Waals surface area contributed by atoms with Crippen molar-refractivity contribution in [3.8, 4) is 0 Å². The number of amides is 1. The molecule has 18 heavy (non-hydrogen) atoms. The van der Waals surface area contributed by atoms with E-state index in [9.17, 15) is 4.79 Å². The predicted octanol–water partition coefficient (Wildman–Crippen LogP) is 1.06. The molecule has 2 atom stereocenters. The second-order valence-electron chi connectivity index (χ2n) is 5.66. The molecule has 2 aliphatic heterocycles. The van der Waals surface area contributed by atoms with Gasteiger partial charge in [0.2, 0.25) is 5.91 Å². The molecule has 0 radical (unpaired) electrons. The molecule has 2 fully saturated rings. The van der Waals surface area contributed by atoms with Crippen LogP contribution in [-0.4, -0.2) is 54.5 Å². The van der Waals surface area contributed by atoms with E-state index in [0.717, 1.165) is 25.9 Å². The van der Waals surface area contributed by atoms with E-state index < -0.39 is 0 Å². The van der Waals surface area contributed by atoms with Crippen LogP contribution in [0.15, 0.2) is 0 Å². The maximum Gasteiger partial charge on any atom is 0.226 e. The first-order chi connectivity index (χ1) is 8.76. The molecule has 0 aromatic rings. The topological polar surface area (TPSA) is 49.6 Å². The number of carbonyl (C=O) groups is 1. The Bertz CT molecular complexity index is 272. The van der Waals surface area contributed by atoms with Crippen LogP contribution in [-0.2, 0) is 4.79 Å². The molecule has 2 unspecified atom stereocenters. The number of piperidine rings is 1. The SMILES string of the molecule is CCC(CN)C(=O)N1CCCC(N2CCCC2)C1. The summed E-state index contributed by atoms with van der Waals surface area (Å²) in [5.74, 6) is 0.311. The average Bonchev–Trinajstić information content (AvgIpc) is 2.94. The van der Waals surface area contributed by atoms with Crippen LogP contribution in [0, 0.1) is 5.92 Å². The van der Waals surface area contributed by atoms with E-state index in [2.05, 4.69) is 16.7 Å². The van der Waals surface area contributed by atoms with Gasteiger partial charge in [0.05, 0.1) is 5.92 Å². The molecule has 0 aromatic carbocycles. The van der Waals surface area contributed by atoms with E-state index in [-0.39, 0.29) is 11.8 Å². The molecule has 0 aliphatic carbocycles. The number of likely N-dealkylation sites (tertiary alicyclic amines) is 2. The molecule has 4 nitrogen and oxygen atoms in total. The number of rotatable bonds is 4. The number of nitrogens with two attached hydrogens (primary N) is 1. The number of nitrogens with zero attached hydrogens (tertiary/aromatic N) is 2. The summed E-state index contributed by atoms with van der Waals surface area (Å²) in [6.45, 7) is 6.84. The first kappa shape index (κ1) is 13.8. The molecule has 2 N–H and O–H groups in total. The highest BCUT2D eigenvalue weighted by molar-refractivity contribution is 5.79. The van der Waals surface area contributed by atoms with Crippen LogP contribution in [0.4, 0.5) is 0 Å². The molecule has 0 saturated carbocycles. The maximum absolute atomic E-state index is 12.3. The fourth-order valence-electron chi connectivity index (χ4n) is 3.26. The van der Waals surface area contributed by atoms with Crippen molar-refractivity contribution < 1.29 is 4.79 Å². The third-order valence-corrected chi connectivity index (χ3v) is 4.49. The van der Waals surface area contributed by atoms with Crippen molar-refractivity contribution in [1.82, 2.24) is 9.80 Å². The maximum atomic E-state index is 12.3. The fourth-order valence-corrected chi connectivity index (χ4v) is 3.26. The van der Waals surface area contributed by atoms with Crippen molar-refractivity contribution in [3.63, 3.8) is 0 Å². The lowest BCUT2D eigenvalue weighted by Crippen LogP contribution is -2.51. The average molecular weight is 253 g/mol. The molecule has 0 spiro atoms. The number of carbonyl (C=O) groups excluding carboxylic acids is 1. The van der Waals surface area contributed by atoms with Gasteiger partial charge in [-0.15, -0.1) is 0 Å². The van der Waals surface area contributed by atoms with Crippen molar-refractivity contribution in [2.24, 2.45) is 11.7 Å². The Kier molecular flexibility index (Phi) is 5.01. The molecule has 2 heterocycles. The minimum Gasteiger partial charge on any atom is -0.341 e. The molecule has 2 saturated heterocycles. The Balaban J connectivity index is 1.91. The standard InChI is InChI=1S/C14H27N3O/c1-2-12(10-15)14(18)17-9-5-6-13(11-17)16-7-3-4-8-16/h12-13H,2-11,15H2,1H3. The molecule has 2 rings (SSSR count). The molecule has 0 aromatic heterocycles. The van der Waals surface area contributed by atoms with Gasteiger partial charge >= 0.3 is 0 Å². The molecule has 0 bridgehead atoms. The van der Waals surface area contributed by atoms with Gasteiger partial charge in [-0.05, 0) is 45.2 Å². The molecule has 1 amide bonds. The summed E-state index contributed by atoms with van der Waals surface area (Å²) in [4.78, 5) is 17.0. The Hall–Kier alpha value is -0.610. The van der Waals surface area contributed by atoms with Crippen LogP contribution >= 0.6 is 0 Å². The Morgan fingerprint density at radius 3 is 2.61 bits per heavy atom. The summed E-state index contributed by atoms with van der Waals surface area (Å²) in [6.07, 6.45) is 5.91. The van der Waals surface area contributed by atoms with Crippen molar-refractivity contribution in [2.75, 3.05) is 32.7 Å². The highest BCUT2D eigenvalue weighted by atomic mass is 16.2. The smallest absolute Gasteiger partial charge is 0.226 e. The highest BCUT2D eigenvalue weighted by Crippen LogP contribution is 2.21. The Morgan fingerprint density at radius 1 is 1.28 bits per heavy atom. The number of hydrogen-bond donors (Lipinski definition) is 1. The lowest BCUT2D eigenvalue weighted by molar-refractivity contribution is -0.137. The van der Waals surface area contributed by atoms with Crippen molar-refractivity contribution >= 4 is 5.91 Å². The first-order valence-electron chi connectivity index (χ1n) is 7.49. The Labute approximate surface area is 110 Å². The van der Waals surface area contributed by atoms with Crippen LogP contribution < -0.4 is 5.73 Å². The van der Waals surface area contributed by atoms with Crippen LogP contribution in [0.1, 0.15) is 39.0 Å². The van der Waals surface area contributed by atoms with Crippen LogP contribution in [0.25, 0.3) is 0 Å². The summed E-state index contributed by atoms with van der Waals surface area (Å²) in [5, 5.41) is 0. The summed E-state index contributed by atoms with van der Waals surface area (Å²) in [6, 6.07) is 0.598. The van der Waals surface area contributed by atoms with Gasteiger partial charge in [0.1, 0.15) is 0 Å². The van der Waals surface area contributed by atoms with Crippen LogP contribution in [0.5, 0.6) is 0 Å². The molecule has 104 valence electrons. The zero-order valence-electron chi connectivity index (χ0n) is 11.6. The molecular weight excluding hydrogens is 226 g/mol. The summed E-state index contributed by atoms with van der Waals surface area (Å²) in [5.41, 5.74) is 5.69. The van der Waals surface area contributed by atoms with Crippen molar-refractivity contribution in [1.29, 1.82) is 0 Å². The third kappa shape index (κ3) is 3.04. The van der Waals surface area contributed by atoms with E-state index >= 15 is 0 Å². The van der Waals surface area contributed by atoms with Crippen LogP contribution in [0.3, 0.4) is 0 Å². The zero-order valence-corrected chi connectivity index (χ0v) is 11.6. The second kappa shape index (κ2) is 6.53. The van der Waals surface area contributed by atoms with Crippen LogP contribution in [0.2, 0.25) is 0 Å². The number of hydrogen-bond acceptors (Lipinski definition) is 3. The van der Waals surface area contributed by atoms with E-state index in [1.807, 2.05) is 0 Å². The largest absolute Gasteiger partial charge is 0.341 e. The normalized spacial score (nSPS) is 27.4. The van der Waals surface area contributed by atoms with E-state index in [1.165, 1.54) is 32.4 Å². The summed E-state index contributed by atoms with van der Waals surface area (Å²) < 4.78 is 0. The lowest BCUT2D eigenvalue weighted by atomic mass is 10.00. The van der Waals surface area contributed by atoms with Gasteiger partial charge in [-0.3, -0.25) is 9.69 Å². The van der Waals surface area contributed by atoms with Gasteiger partial charge in [0.25, 0.3) is 0 Å². The monoisotopic (exact) mass is 253 g/mol. The van der Waals surface area contributed by atoms with Crippen molar-refractivity contribution in [3.05, 3.63) is 0 Å². The minimum atomic E-state index is 0.0299. The summed E-state index contributed by atoms with van der Waals surface area (Å²) >= 11 is 0. The van der Waals surface area contributed by atoms with E-state index in [4.69, 9.17) is 5.73 Å². The zero-order chi connectivity index (χ0) is 13.0. The molecular formula is C14H27N3O. The van der Waals surface area contributed by atoms with Gasteiger partial charge < -0.3 is 10.6 Å². The first-order valence-corrected chi connectivity index (χ1v) is 7.49. The van der Waals surface area contributed by atoms with E-state index in [1.54, 1.807) is 0 Å². The lowest BCUT2D eigenvalue weighted by Gasteiger charge is -2.38. The second-order valence-corrected chi connectivity index (χ2v) is 5.66. The third-order valence-electron chi connectivity index (χ3n) is 4.49. The Morgan fingerprint density at radius 2 is 2.00 bits per heavy atom. The van der Waals surface area contributed by atoms with Gasteiger partial charge in [0, 0.05) is 25.7 Å². The summed E-state index contributed by atoms with van der Waals surface area (Å²) in [7, 11) is 0.